The van der Waals surface area contributed by atoms with Gasteiger partial charge in [-0.15, -0.1) is 0 Å². The van der Waals surface area contributed by atoms with Crippen LogP contribution in [-0.2, 0) is 9.53 Å². The van der Waals surface area contributed by atoms with Crippen molar-refractivity contribution in [3.63, 3.8) is 0 Å². The van der Waals surface area contributed by atoms with Crippen molar-refractivity contribution in [2.45, 2.75) is 110 Å². The Morgan fingerprint density at radius 1 is 0.893 bits per heavy atom. The van der Waals surface area contributed by atoms with E-state index in [-0.39, 0.29) is 0 Å². The quantitative estimate of drug-likeness (QED) is 0.228. The van der Waals surface area contributed by atoms with Crippen LogP contribution in [0.1, 0.15) is 114 Å². The summed E-state index contributed by atoms with van der Waals surface area (Å²) in [6.45, 7) is 4.30. The first-order valence-electron chi connectivity index (χ1n) is 11.5. The monoisotopic (exact) mass is 385 g/mol. The Morgan fingerprint density at radius 2 is 1.46 bits per heavy atom. The SMILES string of the molecule is CCCCCCCCCCCCCCCC1=Nc2ccc(C)cc2C(C=O)O1. The molecule has 0 aliphatic carbocycles. The summed E-state index contributed by atoms with van der Waals surface area (Å²) in [5.41, 5.74) is 2.91. The molecule has 0 N–H and O–H groups in total. The van der Waals surface area contributed by atoms with E-state index < -0.39 is 6.10 Å². The van der Waals surface area contributed by atoms with Crippen LogP contribution in [0, 0.1) is 6.92 Å². The topological polar surface area (TPSA) is 38.7 Å². The smallest absolute Gasteiger partial charge is 0.189 e. The van der Waals surface area contributed by atoms with Crippen LogP contribution in [0.2, 0.25) is 0 Å². The van der Waals surface area contributed by atoms with Gasteiger partial charge in [-0.25, -0.2) is 4.99 Å². The molecule has 0 saturated heterocycles. The number of hydrogen-bond acceptors (Lipinski definition) is 3. The Bertz CT molecular complexity index is 609. The molecule has 1 aromatic rings. The van der Waals surface area contributed by atoms with E-state index in [0.29, 0.717) is 0 Å². The van der Waals surface area contributed by atoms with E-state index in [1.807, 2.05) is 25.1 Å². The van der Waals surface area contributed by atoms with Gasteiger partial charge in [0, 0.05) is 12.0 Å². The molecule has 1 unspecified atom stereocenters. The molecule has 3 heteroatoms. The van der Waals surface area contributed by atoms with Crippen molar-refractivity contribution in [3.8, 4) is 0 Å². The molecular formula is C25H39NO2. The number of carbonyl (C=O) groups is 1. The number of fused-ring (bicyclic) bond motifs is 1. The van der Waals surface area contributed by atoms with E-state index in [1.165, 1.54) is 77.0 Å². The number of rotatable bonds is 15. The summed E-state index contributed by atoms with van der Waals surface area (Å²) in [6, 6.07) is 6.03. The predicted octanol–water partition coefficient (Wildman–Crippen LogP) is 7.78. The number of carbonyl (C=O) groups excluding carboxylic acids is 1. The first-order chi connectivity index (χ1) is 13.7. The molecule has 1 heterocycles. The summed E-state index contributed by atoms with van der Waals surface area (Å²) in [4.78, 5) is 16.0. The maximum Gasteiger partial charge on any atom is 0.189 e. The molecule has 1 aliphatic rings. The molecule has 0 fully saturated rings. The van der Waals surface area contributed by atoms with Crippen LogP contribution in [-0.4, -0.2) is 12.2 Å². The predicted molar refractivity (Wildman–Crippen MR) is 118 cm³/mol. The van der Waals surface area contributed by atoms with Crippen molar-refractivity contribution < 1.29 is 9.53 Å². The van der Waals surface area contributed by atoms with Gasteiger partial charge in [0.05, 0.1) is 5.69 Å². The molecule has 28 heavy (non-hydrogen) atoms. The highest BCUT2D eigenvalue weighted by Crippen LogP contribution is 2.33. The highest BCUT2D eigenvalue weighted by molar-refractivity contribution is 5.85. The average molecular weight is 386 g/mol. The first-order valence-corrected chi connectivity index (χ1v) is 11.5. The molecule has 0 amide bonds. The van der Waals surface area contributed by atoms with Crippen LogP contribution in [0.3, 0.4) is 0 Å². The van der Waals surface area contributed by atoms with Gasteiger partial charge in [0.2, 0.25) is 0 Å². The minimum atomic E-state index is -0.496. The number of ether oxygens (including phenoxy) is 1. The van der Waals surface area contributed by atoms with Crippen LogP contribution < -0.4 is 0 Å². The van der Waals surface area contributed by atoms with Crippen LogP contribution in [0.4, 0.5) is 5.69 Å². The van der Waals surface area contributed by atoms with Gasteiger partial charge in [0.25, 0.3) is 0 Å². The average Bonchev–Trinajstić information content (AvgIpc) is 2.71. The number of unbranched alkanes of at least 4 members (excludes halogenated alkanes) is 12. The first kappa shape index (κ1) is 22.6. The molecule has 1 aromatic carbocycles. The van der Waals surface area contributed by atoms with Crippen LogP contribution >= 0.6 is 0 Å². The summed E-state index contributed by atoms with van der Waals surface area (Å²) in [7, 11) is 0. The van der Waals surface area contributed by atoms with Gasteiger partial charge in [0.15, 0.2) is 18.3 Å². The third-order valence-electron chi connectivity index (χ3n) is 5.62. The van der Waals surface area contributed by atoms with Crippen molar-refractivity contribution in [2.24, 2.45) is 4.99 Å². The largest absolute Gasteiger partial charge is 0.465 e. The lowest BCUT2D eigenvalue weighted by Crippen LogP contribution is -2.17. The van der Waals surface area contributed by atoms with Gasteiger partial charge in [-0.2, -0.15) is 0 Å². The zero-order valence-corrected chi connectivity index (χ0v) is 18.0. The lowest BCUT2D eigenvalue weighted by atomic mass is 10.0. The number of aliphatic imine (C=N–C) groups is 1. The third-order valence-corrected chi connectivity index (χ3v) is 5.62. The van der Waals surface area contributed by atoms with Crippen molar-refractivity contribution in [1.29, 1.82) is 0 Å². The lowest BCUT2D eigenvalue weighted by molar-refractivity contribution is -0.114. The summed E-state index contributed by atoms with van der Waals surface area (Å²) in [6.07, 6.45) is 18.7. The molecular weight excluding hydrogens is 346 g/mol. The minimum absolute atomic E-state index is 0.496. The van der Waals surface area contributed by atoms with Crippen LogP contribution in [0.5, 0.6) is 0 Å². The van der Waals surface area contributed by atoms with E-state index in [0.717, 1.165) is 41.8 Å². The van der Waals surface area contributed by atoms with Crippen LogP contribution in [0.25, 0.3) is 0 Å². The second kappa shape index (κ2) is 13.5. The van der Waals surface area contributed by atoms with Crippen molar-refractivity contribution in [2.75, 3.05) is 0 Å². The fourth-order valence-electron chi connectivity index (χ4n) is 3.88. The highest BCUT2D eigenvalue weighted by Gasteiger charge is 2.23. The van der Waals surface area contributed by atoms with E-state index in [1.54, 1.807) is 0 Å². The van der Waals surface area contributed by atoms with E-state index >= 15 is 0 Å². The molecule has 0 spiro atoms. The fourth-order valence-corrected chi connectivity index (χ4v) is 3.88. The fraction of sp³-hybridized carbons (Fsp3) is 0.680. The minimum Gasteiger partial charge on any atom is -0.465 e. The van der Waals surface area contributed by atoms with Gasteiger partial charge < -0.3 is 4.74 Å². The zero-order chi connectivity index (χ0) is 20.0. The maximum absolute atomic E-state index is 11.4. The molecule has 2 rings (SSSR count). The van der Waals surface area contributed by atoms with E-state index in [9.17, 15) is 4.79 Å². The number of aldehydes is 1. The van der Waals surface area contributed by atoms with Crippen LogP contribution in [0.15, 0.2) is 23.2 Å². The number of aryl methyl sites for hydroxylation is 1. The van der Waals surface area contributed by atoms with E-state index in [2.05, 4.69) is 11.9 Å². The molecule has 156 valence electrons. The molecule has 0 bridgehead atoms. The third kappa shape index (κ3) is 8.16. The number of benzene rings is 1. The Balaban J connectivity index is 1.53. The Morgan fingerprint density at radius 3 is 2.04 bits per heavy atom. The summed E-state index contributed by atoms with van der Waals surface area (Å²) in [5, 5.41) is 0. The summed E-state index contributed by atoms with van der Waals surface area (Å²) >= 11 is 0. The summed E-state index contributed by atoms with van der Waals surface area (Å²) < 4.78 is 5.81. The lowest BCUT2D eigenvalue weighted by Gasteiger charge is -2.22. The van der Waals surface area contributed by atoms with E-state index in [4.69, 9.17) is 4.74 Å². The zero-order valence-electron chi connectivity index (χ0n) is 18.0. The Kier molecular flexibility index (Phi) is 10.9. The second-order valence-electron chi connectivity index (χ2n) is 8.23. The van der Waals surface area contributed by atoms with Gasteiger partial charge in [0.1, 0.15) is 0 Å². The normalized spacial score (nSPS) is 15.6. The van der Waals surface area contributed by atoms with Gasteiger partial charge in [-0.1, -0.05) is 95.6 Å². The Hall–Kier alpha value is -1.64. The molecule has 0 aromatic heterocycles. The van der Waals surface area contributed by atoms with Gasteiger partial charge in [-0.3, -0.25) is 4.79 Å². The van der Waals surface area contributed by atoms with Crippen molar-refractivity contribution >= 4 is 17.9 Å². The molecule has 1 atom stereocenters. The number of hydrogen-bond donors (Lipinski definition) is 0. The molecule has 0 saturated carbocycles. The number of nitrogens with zero attached hydrogens (tertiary/aromatic N) is 1. The maximum atomic E-state index is 11.4. The highest BCUT2D eigenvalue weighted by atomic mass is 16.5. The van der Waals surface area contributed by atoms with Crippen molar-refractivity contribution in [1.82, 2.24) is 0 Å². The van der Waals surface area contributed by atoms with Crippen molar-refractivity contribution in [3.05, 3.63) is 29.3 Å². The van der Waals surface area contributed by atoms with Gasteiger partial charge >= 0.3 is 0 Å². The van der Waals surface area contributed by atoms with Gasteiger partial charge in [-0.05, 0) is 25.5 Å². The molecule has 1 aliphatic heterocycles. The Labute approximate surface area is 172 Å². The molecule has 0 radical (unpaired) electrons. The second-order valence-corrected chi connectivity index (χ2v) is 8.23. The molecule has 3 nitrogen and oxygen atoms in total. The standard InChI is InChI=1S/C25H39NO2/c1-3-4-5-6-7-8-9-10-11-12-13-14-15-16-25-26-23-18-17-21(2)19-22(23)24(20-27)28-25/h17-20,24H,3-16H2,1-2H3. The summed E-state index contributed by atoms with van der Waals surface area (Å²) in [5.74, 6) is 0.719.